The number of hydrogen-bond acceptors (Lipinski definition) is 3. The lowest BCUT2D eigenvalue weighted by Gasteiger charge is -2.06. The van der Waals surface area contributed by atoms with Gasteiger partial charge in [0.15, 0.2) is 0 Å². The van der Waals surface area contributed by atoms with Crippen molar-refractivity contribution >= 4 is 17.1 Å². The highest BCUT2D eigenvalue weighted by Crippen LogP contribution is 2.03. The van der Waals surface area contributed by atoms with Gasteiger partial charge in [0.1, 0.15) is 5.82 Å². The first kappa shape index (κ1) is 8.16. The molecule has 1 atom stereocenters. The van der Waals surface area contributed by atoms with E-state index < -0.39 is 11.3 Å². The molecule has 1 aromatic rings. The van der Waals surface area contributed by atoms with Crippen molar-refractivity contribution in [3.63, 3.8) is 0 Å². The molecule has 5 heteroatoms. The number of nitrogens with zero attached hydrogens (tertiary/aromatic N) is 1. The van der Waals surface area contributed by atoms with Gasteiger partial charge in [0.25, 0.3) is 0 Å². The molecule has 1 heterocycles. The zero-order valence-electron chi connectivity index (χ0n) is 5.90. The van der Waals surface area contributed by atoms with Gasteiger partial charge in [-0.2, -0.15) is 0 Å². The van der Waals surface area contributed by atoms with E-state index in [0.717, 1.165) is 5.69 Å². The molecular formula is C6H7N2O2S-. The topological polar surface area (TPSA) is 65.0 Å². The maximum absolute atomic E-state index is 10.1. The normalized spacial score (nSPS) is 12.5. The SMILES string of the molecule is Cc1cccc(NS(=O)[O-])n1. The Labute approximate surface area is 67.1 Å². The van der Waals surface area contributed by atoms with Crippen LogP contribution < -0.4 is 4.72 Å². The fourth-order valence-corrected chi connectivity index (χ4v) is 0.970. The summed E-state index contributed by atoms with van der Waals surface area (Å²) in [5.74, 6) is 0.346. The molecule has 0 radical (unpaired) electrons. The van der Waals surface area contributed by atoms with E-state index in [2.05, 4.69) is 9.71 Å². The molecule has 0 aliphatic carbocycles. The molecule has 1 unspecified atom stereocenters. The van der Waals surface area contributed by atoms with E-state index in [1.807, 2.05) is 0 Å². The summed E-state index contributed by atoms with van der Waals surface area (Å²) < 4.78 is 22.4. The molecule has 0 amide bonds. The van der Waals surface area contributed by atoms with Crippen molar-refractivity contribution in [3.8, 4) is 0 Å². The summed E-state index contributed by atoms with van der Waals surface area (Å²) in [6.45, 7) is 1.79. The van der Waals surface area contributed by atoms with Crippen LogP contribution in [0.4, 0.5) is 5.82 Å². The van der Waals surface area contributed by atoms with E-state index in [1.165, 1.54) is 0 Å². The maximum atomic E-state index is 10.1. The fraction of sp³-hybridized carbons (Fsp3) is 0.167. The van der Waals surface area contributed by atoms with Gasteiger partial charge in [-0.05, 0) is 19.1 Å². The lowest BCUT2D eigenvalue weighted by Crippen LogP contribution is -2.04. The van der Waals surface area contributed by atoms with E-state index in [0.29, 0.717) is 5.82 Å². The van der Waals surface area contributed by atoms with Gasteiger partial charge in [0, 0.05) is 17.0 Å². The third-order valence-electron chi connectivity index (χ3n) is 1.08. The lowest BCUT2D eigenvalue weighted by molar-refractivity contribution is 0.542. The average molecular weight is 171 g/mol. The summed E-state index contributed by atoms with van der Waals surface area (Å²) in [7, 11) is 0. The average Bonchev–Trinajstić information content (AvgIpc) is 1.85. The highest BCUT2D eigenvalue weighted by Gasteiger charge is 1.90. The predicted octanol–water partition coefficient (Wildman–Crippen LogP) is 0.596. The maximum Gasteiger partial charge on any atom is 0.137 e. The van der Waals surface area contributed by atoms with Crippen molar-refractivity contribution in [2.75, 3.05) is 4.72 Å². The summed E-state index contributed by atoms with van der Waals surface area (Å²) in [5.41, 5.74) is 0.778. The Hall–Kier alpha value is -0.940. The van der Waals surface area contributed by atoms with Gasteiger partial charge in [-0.3, -0.25) is 4.21 Å². The first-order chi connectivity index (χ1) is 5.18. The molecule has 0 aliphatic heterocycles. The minimum Gasteiger partial charge on any atom is -0.755 e. The van der Waals surface area contributed by atoms with Crippen LogP contribution in [-0.4, -0.2) is 13.7 Å². The van der Waals surface area contributed by atoms with E-state index in [9.17, 15) is 8.76 Å². The van der Waals surface area contributed by atoms with Crippen LogP contribution in [0.2, 0.25) is 0 Å². The Morgan fingerprint density at radius 2 is 2.36 bits per heavy atom. The molecule has 11 heavy (non-hydrogen) atoms. The van der Waals surface area contributed by atoms with E-state index >= 15 is 0 Å². The summed E-state index contributed by atoms with van der Waals surface area (Å²) in [4.78, 5) is 3.91. The number of pyridine rings is 1. The molecule has 0 saturated heterocycles. The minimum atomic E-state index is -2.29. The van der Waals surface area contributed by atoms with Crippen LogP contribution in [0, 0.1) is 6.92 Å². The van der Waals surface area contributed by atoms with Gasteiger partial charge in [-0.1, -0.05) is 6.07 Å². The summed E-state index contributed by atoms with van der Waals surface area (Å²) in [5, 5.41) is 0. The van der Waals surface area contributed by atoms with Crippen LogP contribution in [-0.2, 0) is 11.3 Å². The number of hydrogen-bond donors (Lipinski definition) is 1. The molecule has 1 N–H and O–H groups in total. The highest BCUT2D eigenvalue weighted by atomic mass is 32.2. The quantitative estimate of drug-likeness (QED) is 0.662. The lowest BCUT2D eigenvalue weighted by atomic mass is 10.4. The first-order valence-electron chi connectivity index (χ1n) is 2.98. The van der Waals surface area contributed by atoms with Gasteiger partial charge < -0.3 is 9.27 Å². The number of aryl methyl sites for hydroxylation is 1. The zero-order valence-corrected chi connectivity index (χ0v) is 6.72. The van der Waals surface area contributed by atoms with Gasteiger partial charge in [-0.15, -0.1) is 0 Å². The number of nitrogens with one attached hydrogen (secondary N) is 1. The molecule has 0 saturated carbocycles. The number of anilines is 1. The molecule has 60 valence electrons. The highest BCUT2D eigenvalue weighted by molar-refractivity contribution is 7.80. The van der Waals surface area contributed by atoms with Crippen molar-refractivity contribution in [3.05, 3.63) is 23.9 Å². The minimum absolute atomic E-state index is 0.346. The Morgan fingerprint density at radius 3 is 2.91 bits per heavy atom. The summed E-state index contributed by atoms with van der Waals surface area (Å²) in [6, 6.07) is 5.11. The molecule has 0 aromatic carbocycles. The second kappa shape index (κ2) is 3.45. The van der Waals surface area contributed by atoms with Crippen LogP contribution in [0.5, 0.6) is 0 Å². The van der Waals surface area contributed by atoms with Gasteiger partial charge in [0.2, 0.25) is 0 Å². The summed E-state index contributed by atoms with van der Waals surface area (Å²) in [6.07, 6.45) is 0. The largest absolute Gasteiger partial charge is 0.755 e. The Balaban J connectivity index is 2.79. The Kier molecular flexibility index (Phi) is 2.56. The van der Waals surface area contributed by atoms with Crippen molar-refractivity contribution in [1.82, 2.24) is 4.98 Å². The van der Waals surface area contributed by atoms with E-state index in [1.54, 1.807) is 25.1 Å². The van der Waals surface area contributed by atoms with Gasteiger partial charge in [0.05, 0.1) is 0 Å². The third kappa shape index (κ3) is 2.65. The van der Waals surface area contributed by atoms with Crippen molar-refractivity contribution in [2.24, 2.45) is 0 Å². The van der Waals surface area contributed by atoms with Crippen molar-refractivity contribution in [1.29, 1.82) is 0 Å². The van der Waals surface area contributed by atoms with Crippen LogP contribution in [0.25, 0.3) is 0 Å². The Bertz CT molecular complexity index is 277. The van der Waals surface area contributed by atoms with E-state index in [4.69, 9.17) is 0 Å². The van der Waals surface area contributed by atoms with Crippen molar-refractivity contribution < 1.29 is 8.76 Å². The van der Waals surface area contributed by atoms with Crippen LogP contribution in [0.1, 0.15) is 5.69 Å². The second-order valence-corrected chi connectivity index (χ2v) is 2.67. The van der Waals surface area contributed by atoms with Crippen molar-refractivity contribution in [2.45, 2.75) is 6.92 Å². The molecule has 1 aromatic heterocycles. The molecule has 4 nitrogen and oxygen atoms in total. The molecule has 0 fully saturated rings. The molecule has 1 rings (SSSR count). The first-order valence-corrected chi connectivity index (χ1v) is 4.05. The zero-order chi connectivity index (χ0) is 8.27. The van der Waals surface area contributed by atoms with Crippen LogP contribution >= 0.6 is 0 Å². The fourth-order valence-electron chi connectivity index (χ4n) is 0.685. The molecule has 0 spiro atoms. The predicted molar refractivity (Wildman–Crippen MR) is 41.5 cm³/mol. The monoisotopic (exact) mass is 171 g/mol. The van der Waals surface area contributed by atoms with Crippen LogP contribution in [0.3, 0.4) is 0 Å². The van der Waals surface area contributed by atoms with E-state index in [-0.39, 0.29) is 0 Å². The van der Waals surface area contributed by atoms with Gasteiger partial charge in [-0.25, -0.2) is 4.98 Å². The standard InChI is InChI=1S/C6H8N2O2S/c1-5-3-2-4-6(7-5)8-11(9)10/h2-4H,1H3,(H,7,8)(H,9,10)/p-1. The molecular weight excluding hydrogens is 164 g/mol. The number of aromatic nitrogens is 1. The van der Waals surface area contributed by atoms with Crippen LogP contribution in [0.15, 0.2) is 18.2 Å². The van der Waals surface area contributed by atoms with Gasteiger partial charge >= 0.3 is 0 Å². The molecule has 0 aliphatic rings. The molecule has 0 bridgehead atoms. The Morgan fingerprint density at radius 1 is 1.64 bits per heavy atom. The third-order valence-corrected chi connectivity index (χ3v) is 1.45. The second-order valence-electron chi connectivity index (χ2n) is 2.00. The summed E-state index contributed by atoms with van der Waals surface area (Å²) >= 11 is -2.29. The number of rotatable bonds is 2. The smallest absolute Gasteiger partial charge is 0.137 e.